The van der Waals surface area contributed by atoms with Gasteiger partial charge in [0, 0.05) is 22.7 Å². The molecule has 2 heterocycles. The van der Waals surface area contributed by atoms with E-state index < -0.39 is 0 Å². The van der Waals surface area contributed by atoms with E-state index in [9.17, 15) is 0 Å². The minimum Gasteiger partial charge on any atom is -0.460 e. The normalized spacial score (nSPS) is 10.8. The monoisotopic (exact) mass is 299 g/mol. The third-order valence-electron chi connectivity index (χ3n) is 3.28. The molecular formula is C16H17N3OS. The summed E-state index contributed by atoms with van der Waals surface area (Å²) in [5.74, 6) is 1.71. The molecular weight excluding hydrogens is 282 g/mol. The van der Waals surface area contributed by atoms with Crippen molar-refractivity contribution in [3.8, 4) is 11.5 Å². The van der Waals surface area contributed by atoms with Gasteiger partial charge in [0.05, 0.1) is 6.20 Å². The van der Waals surface area contributed by atoms with Crippen LogP contribution in [0.15, 0.2) is 51.9 Å². The molecule has 0 saturated carbocycles. The maximum Gasteiger partial charge on any atom is 0.152 e. The standard InChI is InChI=1S/C16H17N3OS/c1-11-7-8-14(20-11)16-12(10-18-19-16)9-17-13-5-3-4-6-15(13)21-2/h3-8,10,17H,9H2,1-2H3,(H,18,19). The highest BCUT2D eigenvalue weighted by Gasteiger charge is 2.11. The zero-order valence-corrected chi connectivity index (χ0v) is 12.8. The topological polar surface area (TPSA) is 53.9 Å². The first-order valence-corrected chi connectivity index (χ1v) is 7.96. The van der Waals surface area contributed by atoms with Crippen molar-refractivity contribution in [1.29, 1.82) is 0 Å². The van der Waals surface area contributed by atoms with E-state index in [1.165, 1.54) is 4.90 Å². The number of hydrogen-bond acceptors (Lipinski definition) is 4. The molecule has 0 amide bonds. The van der Waals surface area contributed by atoms with Crippen LogP contribution in [0, 0.1) is 6.92 Å². The first-order chi connectivity index (χ1) is 10.3. The van der Waals surface area contributed by atoms with Gasteiger partial charge in [-0.1, -0.05) is 12.1 Å². The fraction of sp³-hybridized carbons (Fsp3) is 0.188. The number of nitrogens with one attached hydrogen (secondary N) is 2. The first-order valence-electron chi connectivity index (χ1n) is 6.74. The van der Waals surface area contributed by atoms with Gasteiger partial charge in [-0.25, -0.2) is 0 Å². The predicted molar refractivity (Wildman–Crippen MR) is 86.6 cm³/mol. The van der Waals surface area contributed by atoms with E-state index in [0.717, 1.165) is 28.5 Å². The van der Waals surface area contributed by atoms with E-state index >= 15 is 0 Å². The molecule has 3 rings (SSSR count). The molecule has 0 fully saturated rings. The molecule has 21 heavy (non-hydrogen) atoms. The smallest absolute Gasteiger partial charge is 0.152 e. The molecule has 0 unspecified atom stereocenters. The number of anilines is 1. The molecule has 0 saturated heterocycles. The van der Waals surface area contributed by atoms with Crippen LogP contribution in [-0.2, 0) is 6.54 Å². The van der Waals surface area contributed by atoms with Gasteiger partial charge in [-0.3, -0.25) is 5.10 Å². The minimum atomic E-state index is 0.698. The Morgan fingerprint density at radius 2 is 2.10 bits per heavy atom. The molecule has 0 aliphatic heterocycles. The lowest BCUT2D eigenvalue weighted by molar-refractivity contribution is 0.545. The quantitative estimate of drug-likeness (QED) is 0.689. The number of aromatic amines is 1. The van der Waals surface area contributed by atoms with Gasteiger partial charge in [-0.15, -0.1) is 11.8 Å². The van der Waals surface area contributed by atoms with E-state index in [-0.39, 0.29) is 0 Å². The van der Waals surface area contributed by atoms with Crippen LogP contribution in [0.4, 0.5) is 5.69 Å². The fourth-order valence-electron chi connectivity index (χ4n) is 2.21. The molecule has 0 bridgehead atoms. The van der Waals surface area contributed by atoms with E-state index in [0.29, 0.717) is 6.54 Å². The summed E-state index contributed by atoms with van der Waals surface area (Å²) in [5, 5.41) is 10.6. The molecule has 5 heteroatoms. The van der Waals surface area contributed by atoms with Crippen LogP contribution in [0.3, 0.4) is 0 Å². The maximum absolute atomic E-state index is 5.66. The molecule has 0 radical (unpaired) electrons. The Kier molecular flexibility index (Phi) is 4.01. The second kappa shape index (κ2) is 6.10. The van der Waals surface area contributed by atoms with Gasteiger partial charge in [0.1, 0.15) is 11.5 Å². The zero-order valence-electron chi connectivity index (χ0n) is 12.0. The largest absolute Gasteiger partial charge is 0.460 e. The Labute approximate surface area is 128 Å². The summed E-state index contributed by atoms with van der Waals surface area (Å²) < 4.78 is 5.66. The molecule has 4 nitrogen and oxygen atoms in total. The van der Waals surface area contributed by atoms with Gasteiger partial charge in [0.15, 0.2) is 5.76 Å². The minimum absolute atomic E-state index is 0.698. The molecule has 0 atom stereocenters. The highest BCUT2D eigenvalue weighted by molar-refractivity contribution is 7.98. The van der Waals surface area contributed by atoms with E-state index in [2.05, 4.69) is 33.9 Å². The average Bonchev–Trinajstić information content (AvgIpc) is 3.13. The van der Waals surface area contributed by atoms with Gasteiger partial charge in [0.2, 0.25) is 0 Å². The number of rotatable bonds is 5. The number of aryl methyl sites for hydroxylation is 1. The van der Waals surface area contributed by atoms with Crippen LogP contribution < -0.4 is 5.32 Å². The SMILES string of the molecule is CSc1ccccc1NCc1cn[nH]c1-c1ccc(C)o1. The first kappa shape index (κ1) is 13.8. The van der Waals surface area contributed by atoms with Crippen molar-refractivity contribution in [2.24, 2.45) is 0 Å². The van der Waals surface area contributed by atoms with Crippen molar-refractivity contribution in [2.75, 3.05) is 11.6 Å². The Morgan fingerprint density at radius 3 is 2.86 bits per heavy atom. The highest BCUT2D eigenvalue weighted by atomic mass is 32.2. The Hall–Kier alpha value is -2.14. The van der Waals surface area contributed by atoms with E-state index in [1.54, 1.807) is 11.8 Å². The summed E-state index contributed by atoms with van der Waals surface area (Å²) in [5.41, 5.74) is 3.14. The van der Waals surface area contributed by atoms with Gasteiger partial charge in [-0.05, 0) is 37.4 Å². The van der Waals surface area contributed by atoms with Crippen molar-refractivity contribution in [3.05, 3.63) is 53.9 Å². The number of hydrogen-bond donors (Lipinski definition) is 2. The summed E-state index contributed by atoms with van der Waals surface area (Å²) >= 11 is 1.73. The average molecular weight is 299 g/mol. The lowest BCUT2D eigenvalue weighted by atomic mass is 10.2. The number of aromatic nitrogens is 2. The molecule has 2 N–H and O–H groups in total. The fourth-order valence-corrected chi connectivity index (χ4v) is 2.78. The second-order valence-corrected chi connectivity index (χ2v) is 5.58. The van der Waals surface area contributed by atoms with E-state index in [4.69, 9.17) is 4.42 Å². The summed E-state index contributed by atoms with van der Waals surface area (Å²) in [6.07, 6.45) is 3.91. The second-order valence-electron chi connectivity index (χ2n) is 4.73. The molecule has 0 spiro atoms. The third kappa shape index (κ3) is 2.97. The maximum atomic E-state index is 5.66. The van der Waals surface area contributed by atoms with Crippen LogP contribution in [-0.4, -0.2) is 16.5 Å². The van der Waals surface area contributed by atoms with Gasteiger partial charge in [-0.2, -0.15) is 5.10 Å². The molecule has 0 aliphatic carbocycles. The van der Waals surface area contributed by atoms with E-state index in [1.807, 2.05) is 37.4 Å². The summed E-state index contributed by atoms with van der Waals surface area (Å²) in [7, 11) is 0. The summed E-state index contributed by atoms with van der Waals surface area (Å²) in [6.45, 7) is 2.63. The summed E-state index contributed by atoms with van der Waals surface area (Å²) in [6, 6.07) is 12.2. The summed E-state index contributed by atoms with van der Waals surface area (Å²) in [4.78, 5) is 1.23. The highest BCUT2D eigenvalue weighted by Crippen LogP contribution is 2.27. The van der Waals surface area contributed by atoms with Crippen LogP contribution in [0.2, 0.25) is 0 Å². The molecule has 3 aromatic rings. The number of furan rings is 1. The van der Waals surface area contributed by atoms with Gasteiger partial charge in [0.25, 0.3) is 0 Å². The van der Waals surface area contributed by atoms with Gasteiger partial charge >= 0.3 is 0 Å². The lowest BCUT2D eigenvalue weighted by Gasteiger charge is -2.10. The number of H-pyrrole nitrogens is 1. The van der Waals surface area contributed by atoms with Crippen LogP contribution >= 0.6 is 11.8 Å². The zero-order chi connectivity index (χ0) is 14.7. The van der Waals surface area contributed by atoms with Crippen molar-refractivity contribution < 1.29 is 4.42 Å². The Bertz CT molecular complexity index is 732. The third-order valence-corrected chi connectivity index (χ3v) is 4.08. The molecule has 2 aromatic heterocycles. The van der Waals surface area contributed by atoms with Crippen molar-refractivity contribution >= 4 is 17.4 Å². The lowest BCUT2D eigenvalue weighted by Crippen LogP contribution is -2.00. The molecule has 108 valence electrons. The molecule has 0 aliphatic rings. The Balaban J connectivity index is 1.79. The van der Waals surface area contributed by atoms with Crippen LogP contribution in [0.5, 0.6) is 0 Å². The number of benzene rings is 1. The Morgan fingerprint density at radius 1 is 1.24 bits per heavy atom. The van der Waals surface area contributed by atoms with Crippen molar-refractivity contribution in [3.63, 3.8) is 0 Å². The van der Waals surface area contributed by atoms with Crippen LogP contribution in [0.25, 0.3) is 11.5 Å². The predicted octanol–water partition coefficient (Wildman–Crippen LogP) is 4.31. The van der Waals surface area contributed by atoms with Crippen LogP contribution in [0.1, 0.15) is 11.3 Å². The van der Waals surface area contributed by atoms with Crippen molar-refractivity contribution in [2.45, 2.75) is 18.4 Å². The number of para-hydroxylation sites is 1. The van der Waals surface area contributed by atoms with Gasteiger partial charge < -0.3 is 9.73 Å². The molecule has 1 aromatic carbocycles. The number of nitrogens with zero attached hydrogens (tertiary/aromatic N) is 1. The number of thioether (sulfide) groups is 1. The van der Waals surface area contributed by atoms with Crippen molar-refractivity contribution in [1.82, 2.24) is 10.2 Å².